The van der Waals surface area contributed by atoms with E-state index in [0.29, 0.717) is 13.1 Å². The lowest BCUT2D eigenvalue weighted by Gasteiger charge is -2.32. The second-order valence-electron chi connectivity index (χ2n) is 10.9. The number of carbonyl (C=O) groups is 2. The maximum atomic E-state index is 13.3. The van der Waals surface area contributed by atoms with Crippen LogP contribution in [0.2, 0.25) is 5.02 Å². The van der Waals surface area contributed by atoms with Crippen molar-refractivity contribution in [2.24, 2.45) is 0 Å². The van der Waals surface area contributed by atoms with Crippen molar-refractivity contribution in [2.75, 3.05) is 13.1 Å². The van der Waals surface area contributed by atoms with E-state index in [0.717, 1.165) is 25.7 Å². The molecule has 0 radical (unpaired) electrons. The summed E-state index contributed by atoms with van der Waals surface area (Å²) in [5.74, 6) is -1.27. The summed E-state index contributed by atoms with van der Waals surface area (Å²) in [4.78, 5) is 26.0. The Labute approximate surface area is 214 Å². The Hall–Kier alpha value is -1.68. The zero-order valence-electron chi connectivity index (χ0n) is 21.8. The minimum absolute atomic E-state index is 0.0407. The Bertz CT molecular complexity index is 1010. The second kappa shape index (κ2) is 11.6. The molecule has 198 valence electrons. The molecule has 0 unspecified atom stereocenters. The number of amides is 1. The fraction of sp³-hybridized carbons (Fsp3) is 0.680. The number of carbonyl (C=O) groups excluding carboxylic acids is 2. The smallest absolute Gasteiger partial charge is 0.331 e. The number of esters is 1. The van der Waals surface area contributed by atoms with Gasteiger partial charge in [0.1, 0.15) is 10.5 Å². The molecule has 1 aliphatic rings. The summed E-state index contributed by atoms with van der Waals surface area (Å²) >= 11 is 6.27. The van der Waals surface area contributed by atoms with Gasteiger partial charge in [0, 0.05) is 18.7 Å². The Morgan fingerprint density at radius 2 is 1.57 bits per heavy atom. The summed E-state index contributed by atoms with van der Waals surface area (Å²) in [6, 6.07) is 2.97. The first-order valence-corrected chi connectivity index (χ1v) is 13.8. The van der Waals surface area contributed by atoms with Gasteiger partial charge in [0.25, 0.3) is 5.91 Å². The summed E-state index contributed by atoms with van der Waals surface area (Å²) in [5, 5.41) is 2.72. The number of halogens is 1. The van der Waals surface area contributed by atoms with Crippen LogP contribution < -0.4 is 5.32 Å². The van der Waals surface area contributed by atoms with Crippen LogP contribution in [0.3, 0.4) is 0 Å². The molecule has 2 atom stereocenters. The van der Waals surface area contributed by atoms with E-state index in [1.807, 2.05) is 20.8 Å². The van der Waals surface area contributed by atoms with E-state index in [1.165, 1.54) is 22.5 Å². The highest BCUT2D eigenvalue weighted by molar-refractivity contribution is 7.89. The average molecular weight is 531 g/mol. The van der Waals surface area contributed by atoms with Crippen LogP contribution >= 0.6 is 11.6 Å². The molecule has 1 heterocycles. The summed E-state index contributed by atoms with van der Waals surface area (Å²) in [5.41, 5.74) is -1.27. The van der Waals surface area contributed by atoms with E-state index in [9.17, 15) is 18.0 Å². The quantitative estimate of drug-likeness (QED) is 0.519. The molecule has 0 spiro atoms. The molecule has 8 nitrogen and oxygen atoms in total. The maximum absolute atomic E-state index is 13.3. The largest absolute Gasteiger partial charge is 0.458 e. The molecule has 0 saturated carbocycles. The number of hydrogen-bond donors (Lipinski definition) is 1. The third-order valence-electron chi connectivity index (χ3n) is 5.33. The molecule has 1 aromatic carbocycles. The Kier molecular flexibility index (Phi) is 9.78. The molecule has 1 aliphatic heterocycles. The Morgan fingerprint density at radius 1 is 1.00 bits per heavy atom. The predicted octanol–water partition coefficient (Wildman–Crippen LogP) is 4.55. The van der Waals surface area contributed by atoms with Gasteiger partial charge in [-0.2, -0.15) is 4.31 Å². The Morgan fingerprint density at radius 3 is 2.09 bits per heavy atom. The molecular formula is C25H39ClN2O6S. The van der Waals surface area contributed by atoms with E-state index in [-0.39, 0.29) is 15.5 Å². The molecule has 35 heavy (non-hydrogen) atoms. The van der Waals surface area contributed by atoms with Gasteiger partial charge in [0.2, 0.25) is 10.0 Å². The minimum atomic E-state index is -3.88. The molecule has 0 aromatic heterocycles. The predicted molar refractivity (Wildman–Crippen MR) is 136 cm³/mol. The molecule has 1 aromatic rings. The van der Waals surface area contributed by atoms with Crippen LogP contribution in [-0.2, 0) is 24.3 Å². The number of ether oxygens (including phenoxy) is 2. The summed E-state index contributed by atoms with van der Waals surface area (Å²) in [6.45, 7) is 13.2. The van der Waals surface area contributed by atoms with Crippen molar-refractivity contribution < 1.29 is 27.5 Å². The van der Waals surface area contributed by atoms with Crippen LogP contribution in [0.15, 0.2) is 23.1 Å². The summed E-state index contributed by atoms with van der Waals surface area (Å²) < 4.78 is 39.5. The molecule has 0 aliphatic carbocycles. The van der Waals surface area contributed by atoms with Crippen LogP contribution in [0, 0.1) is 0 Å². The fourth-order valence-electron chi connectivity index (χ4n) is 3.85. The first-order valence-electron chi connectivity index (χ1n) is 12.0. The van der Waals surface area contributed by atoms with Crippen LogP contribution in [0.25, 0.3) is 0 Å². The van der Waals surface area contributed by atoms with Gasteiger partial charge in [-0.15, -0.1) is 0 Å². The number of benzene rings is 1. The SMILES string of the molecule is C[C@@H](OC(C)(C)C)[C@@H](NC(=O)c1ccc(Cl)c(S(=O)(=O)N2CCCCCC2)c1)C(=O)OC(C)(C)C. The van der Waals surface area contributed by atoms with Gasteiger partial charge < -0.3 is 14.8 Å². The van der Waals surface area contributed by atoms with Crippen molar-refractivity contribution >= 4 is 33.5 Å². The number of rotatable bonds is 7. The van der Waals surface area contributed by atoms with E-state index in [2.05, 4.69) is 5.32 Å². The highest BCUT2D eigenvalue weighted by Crippen LogP contribution is 2.28. The van der Waals surface area contributed by atoms with Crippen molar-refractivity contribution in [3.8, 4) is 0 Å². The van der Waals surface area contributed by atoms with Crippen LogP contribution in [0.5, 0.6) is 0 Å². The zero-order valence-corrected chi connectivity index (χ0v) is 23.4. The average Bonchev–Trinajstić information content (AvgIpc) is 2.99. The number of sulfonamides is 1. The summed E-state index contributed by atoms with van der Waals surface area (Å²) in [6.07, 6.45) is 2.80. The van der Waals surface area contributed by atoms with E-state index in [1.54, 1.807) is 27.7 Å². The van der Waals surface area contributed by atoms with Gasteiger partial charge in [0.15, 0.2) is 6.04 Å². The van der Waals surface area contributed by atoms with Crippen molar-refractivity contribution in [3.05, 3.63) is 28.8 Å². The molecule has 2 rings (SSSR count). The molecule has 1 amide bonds. The monoisotopic (exact) mass is 530 g/mol. The van der Waals surface area contributed by atoms with Gasteiger partial charge >= 0.3 is 5.97 Å². The van der Waals surface area contributed by atoms with E-state index >= 15 is 0 Å². The highest BCUT2D eigenvalue weighted by Gasteiger charge is 2.35. The van der Waals surface area contributed by atoms with Gasteiger partial charge in [-0.25, -0.2) is 13.2 Å². The van der Waals surface area contributed by atoms with E-state index in [4.69, 9.17) is 21.1 Å². The lowest BCUT2D eigenvalue weighted by Crippen LogP contribution is -2.52. The topological polar surface area (TPSA) is 102 Å². The van der Waals surface area contributed by atoms with Crippen LogP contribution in [0.4, 0.5) is 0 Å². The fourth-order valence-corrected chi connectivity index (χ4v) is 5.86. The summed E-state index contributed by atoms with van der Waals surface area (Å²) in [7, 11) is -3.88. The van der Waals surface area contributed by atoms with Crippen molar-refractivity contribution in [1.29, 1.82) is 0 Å². The number of nitrogens with one attached hydrogen (secondary N) is 1. The second-order valence-corrected chi connectivity index (χ2v) is 13.2. The normalized spacial score (nSPS) is 17.8. The first kappa shape index (κ1) is 29.5. The molecule has 1 saturated heterocycles. The lowest BCUT2D eigenvalue weighted by atomic mass is 10.1. The van der Waals surface area contributed by atoms with Gasteiger partial charge in [-0.1, -0.05) is 24.4 Å². The minimum Gasteiger partial charge on any atom is -0.458 e. The molecule has 10 heteroatoms. The van der Waals surface area contributed by atoms with Crippen LogP contribution in [0.1, 0.15) is 84.5 Å². The van der Waals surface area contributed by atoms with E-state index < -0.39 is 45.2 Å². The van der Waals surface area contributed by atoms with Crippen molar-refractivity contribution in [2.45, 2.75) is 102 Å². The van der Waals surface area contributed by atoms with Gasteiger partial charge in [-0.3, -0.25) is 4.79 Å². The maximum Gasteiger partial charge on any atom is 0.331 e. The molecule has 0 bridgehead atoms. The van der Waals surface area contributed by atoms with Crippen molar-refractivity contribution in [3.63, 3.8) is 0 Å². The zero-order chi connectivity index (χ0) is 26.6. The van der Waals surface area contributed by atoms with Crippen molar-refractivity contribution in [1.82, 2.24) is 9.62 Å². The standard InChI is InChI=1S/C25H39ClN2O6S/c1-17(33-24(2,3)4)21(23(30)34-25(5,6)7)27-22(29)18-12-13-19(26)20(16-18)35(31,32)28-14-10-8-9-11-15-28/h12-13,16-17,21H,8-11,14-15H2,1-7H3,(H,27,29)/t17-,21-/m1/s1. The van der Waals surface area contributed by atoms with Crippen LogP contribution in [-0.4, -0.2) is 61.0 Å². The molecular weight excluding hydrogens is 492 g/mol. The number of hydrogen-bond acceptors (Lipinski definition) is 6. The van der Waals surface area contributed by atoms with Gasteiger partial charge in [-0.05, 0) is 79.5 Å². The first-order chi connectivity index (χ1) is 16.0. The number of nitrogens with zero attached hydrogens (tertiary/aromatic N) is 1. The van der Waals surface area contributed by atoms with Gasteiger partial charge in [0.05, 0.1) is 16.7 Å². The molecule has 1 N–H and O–H groups in total. The third-order valence-corrected chi connectivity index (χ3v) is 7.71. The Balaban J connectivity index is 2.34. The third kappa shape index (κ3) is 8.74. The highest BCUT2D eigenvalue weighted by atomic mass is 35.5. The molecule has 1 fully saturated rings. The lowest BCUT2D eigenvalue weighted by molar-refractivity contribution is -0.164.